The molecule has 15 heavy (non-hydrogen) atoms. The van der Waals surface area contributed by atoms with Crippen molar-refractivity contribution in [1.82, 2.24) is 4.90 Å². The van der Waals surface area contributed by atoms with Gasteiger partial charge >= 0.3 is 0 Å². The van der Waals surface area contributed by atoms with E-state index in [1.54, 1.807) is 17.8 Å². The maximum atomic E-state index is 13.0. The lowest BCUT2D eigenvalue weighted by Gasteiger charge is -2.08. The SMILES string of the molecule is CN(C)CCSCc1cc(N)cc(F)c1. The summed E-state index contributed by atoms with van der Waals surface area (Å²) in [7, 11) is 4.08. The molecule has 0 aromatic heterocycles. The van der Waals surface area contributed by atoms with Crippen LogP contribution < -0.4 is 5.73 Å². The van der Waals surface area contributed by atoms with Gasteiger partial charge in [-0.1, -0.05) is 0 Å². The number of hydrogen-bond acceptors (Lipinski definition) is 3. The zero-order valence-electron chi connectivity index (χ0n) is 9.16. The molecule has 0 saturated heterocycles. The van der Waals surface area contributed by atoms with Gasteiger partial charge in [0.2, 0.25) is 0 Å². The van der Waals surface area contributed by atoms with Gasteiger partial charge < -0.3 is 10.6 Å². The minimum atomic E-state index is -0.252. The average molecular weight is 228 g/mol. The van der Waals surface area contributed by atoms with E-state index in [0.29, 0.717) is 5.69 Å². The Morgan fingerprint density at radius 2 is 2.07 bits per heavy atom. The van der Waals surface area contributed by atoms with Crippen molar-refractivity contribution in [2.75, 3.05) is 32.1 Å². The first kappa shape index (κ1) is 12.3. The Labute approximate surface area is 94.6 Å². The van der Waals surface area contributed by atoms with Gasteiger partial charge in [-0.3, -0.25) is 0 Å². The van der Waals surface area contributed by atoms with E-state index in [1.165, 1.54) is 6.07 Å². The Bertz CT molecular complexity index is 295. The van der Waals surface area contributed by atoms with Crippen molar-refractivity contribution in [2.45, 2.75) is 5.75 Å². The van der Waals surface area contributed by atoms with E-state index in [1.807, 2.05) is 20.2 Å². The van der Waals surface area contributed by atoms with Crippen LogP contribution in [0.15, 0.2) is 18.2 Å². The van der Waals surface area contributed by atoms with E-state index < -0.39 is 0 Å². The number of hydrogen-bond donors (Lipinski definition) is 1. The van der Waals surface area contributed by atoms with Gasteiger partial charge in [0, 0.05) is 23.7 Å². The van der Waals surface area contributed by atoms with E-state index in [-0.39, 0.29) is 5.82 Å². The molecule has 0 atom stereocenters. The van der Waals surface area contributed by atoms with E-state index >= 15 is 0 Å². The van der Waals surface area contributed by atoms with Gasteiger partial charge in [-0.2, -0.15) is 11.8 Å². The lowest BCUT2D eigenvalue weighted by molar-refractivity contribution is 0.437. The third kappa shape index (κ3) is 5.04. The summed E-state index contributed by atoms with van der Waals surface area (Å²) in [4.78, 5) is 2.13. The van der Waals surface area contributed by atoms with Gasteiger partial charge in [0.05, 0.1) is 0 Å². The van der Waals surface area contributed by atoms with Crippen molar-refractivity contribution < 1.29 is 4.39 Å². The molecular weight excluding hydrogens is 211 g/mol. The van der Waals surface area contributed by atoms with Gasteiger partial charge in [-0.15, -0.1) is 0 Å². The highest BCUT2D eigenvalue weighted by Gasteiger charge is 1.99. The van der Waals surface area contributed by atoms with Crippen molar-refractivity contribution in [1.29, 1.82) is 0 Å². The monoisotopic (exact) mass is 228 g/mol. The number of benzene rings is 1. The molecule has 2 nitrogen and oxygen atoms in total. The third-order valence-electron chi connectivity index (χ3n) is 1.93. The number of nitrogens with two attached hydrogens (primary N) is 1. The molecule has 0 heterocycles. The molecule has 84 valence electrons. The molecular formula is C11H17FN2S. The molecule has 1 rings (SSSR count). The molecule has 0 unspecified atom stereocenters. The van der Waals surface area contributed by atoms with Crippen molar-refractivity contribution in [3.05, 3.63) is 29.6 Å². The number of nitrogen functional groups attached to an aromatic ring is 1. The molecule has 2 N–H and O–H groups in total. The van der Waals surface area contributed by atoms with Gasteiger partial charge in [-0.05, 0) is 37.9 Å². The van der Waals surface area contributed by atoms with Crippen LogP contribution in [0.25, 0.3) is 0 Å². The molecule has 0 radical (unpaired) electrons. The maximum absolute atomic E-state index is 13.0. The normalized spacial score (nSPS) is 10.9. The highest BCUT2D eigenvalue weighted by molar-refractivity contribution is 7.98. The standard InChI is InChI=1S/C11H17FN2S/c1-14(2)3-4-15-8-9-5-10(12)7-11(13)6-9/h5-7H,3-4,8,13H2,1-2H3. The third-order valence-corrected chi connectivity index (χ3v) is 2.94. The van der Waals surface area contributed by atoms with Crippen LogP contribution in [-0.4, -0.2) is 31.3 Å². The summed E-state index contributed by atoms with van der Waals surface area (Å²) in [6.45, 7) is 1.04. The maximum Gasteiger partial charge on any atom is 0.125 e. The highest BCUT2D eigenvalue weighted by atomic mass is 32.2. The van der Waals surface area contributed by atoms with Crippen molar-refractivity contribution in [2.24, 2.45) is 0 Å². The lowest BCUT2D eigenvalue weighted by Crippen LogP contribution is -2.14. The first-order valence-electron chi connectivity index (χ1n) is 4.85. The van der Waals surface area contributed by atoms with Crippen molar-refractivity contribution in [3.8, 4) is 0 Å². The van der Waals surface area contributed by atoms with E-state index in [4.69, 9.17) is 5.73 Å². The van der Waals surface area contributed by atoms with Crippen LogP contribution >= 0.6 is 11.8 Å². The Balaban J connectivity index is 2.37. The smallest absolute Gasteiger partial charge is 0.125 e. The number of anilines is 1. The van der Waals surface area contributed by atoms with E-state index in [0.717, 1.165) is 23.6 Å². The number of rotatable bonds is 5. The fourth-order valence-electron chi connectivity index (χ4n) is 1.20. The first-order valence-corrected chi connectivity index (χ1v) is 6.01. The minimum Gasteiger partial charge on any atom is -0.399 e. The van der Waals surface area contributed by atoms with Crippen LogP contribution in [0.4, 0.5) is 10.1 Å². The van der Waals surface area contributed by atoms with Crippen LogP contribution in [0.2, 0.25) is 0 Å². The number of nitrogens with zero attached hydrogens (tertiary/aromatic N) is 1. The van der Waals surface area contributed by atoms with Crippen LogP contribution in [0.3, 0.4) is 0 Å². The van der Waals surface area contributed by atoms with Crippen molar-refractivity contribution in [3.63, 3.8) is 0 Å². The molecule has 1 aromatic rings. The van der Waals surface area contributed by atoms with Crippen LogP contribution in [0, 0.1) is 5.82 Å². The quantitative estimate of drug-likeness (QED) is 0.619. The van der Waals surface area contributed by atoms with Gasteiger partial charge in [0.25, 0.3) is 0 Å². The van der Waals surface area contributed by atoms with Crippen LogP contribution in [0.1, 0.15) is 5.56 Å². The molecule has 1 aromatic carbocycles. The highest BCUT2D eigenvalue weighted by Crippen LogP contribution is 2.16. The molecule has 0 aliphatic carbocycles. The summed E-state index contributed by atoms with van der Waals surface area (Å²) >= 11 is 1.79. The summed E-state index contributed by atoms with van der Waals surface area (Å²) < 4.78 is 13.0. The molecule has 0 aliphatic heterocycles. The largest absolute Gasteiger partial charge is 0.399 e. The second-order valence-corrected chi connectivity index (χ2v) is 4.85. The predicted octanol–water partition coefficient (Wildman–Crippen LogP) is 2.20. The number of halogens is 1. The van der Waals surface area contributed by atoms with E-state index in [9.17, 15) is 4.39 Å². The Morgan fingerprint density at radius 1 is 1.33 bits per heavy atom. The molecule has 0 aliphatic rings. The van der Waals surface area contributed by atoms with Crippen LogP contribution in [0.5, 0.6) is 0 Å². The summed E-state index contributed by atoms with van der Waals surface area (Å²) in [5.41, 5.74) is 7.01. The Morgan fingerprint density at radius 3 is 2.67 bits per heavy atom. The number of thioether (sulfide) groups is 1. The summed E-state index contributed by atoms with van der Waals surface area (Å²) in [6.07, 6.45) is 0. The van der Waals surface area contributed by atoms with Crippen molar-refractivity contribution >= 4 is 17.4 Å². The Kier molecular flexibility index (Phi) is 4.91. The summed E-state index contributed by atoms with van der Waals surface area (Å²) in [6, 6.07) is 4.71. The zero-order chi connectivity index (χ0) is 11.3. The topological polar surface area (TPSA) is 29.3 Å². The van der Waals surface area contributed by atoms with E-state index in [2.05, 4.69) is 4.90 Å². The minimum absolute atomic E-state index is 0.252. The predicted molar refractivity (Wildman–Crippen MR) is 65.5 cm³/mol. The van der Waals surface area contributed by atoms with Gasteiger partial charge in [0.1, 0.15) is 5.82 Å². The van der Waals surface area contributed by atoms with Gasteiger partial charge in [0.15, 0.2) is 0 Å². The van der Waals surface area contributed by atoms with Gasteiger partial charge in [-0.25, -0.2) is 4.39 Å². The molecule has 0 saturated carbocycles. The summed E-state index contributed by atoms with van der Waals surface area (Å²) in [5, 5.41) is 0. The average Bonchev–Trinajstić information content (AvgIpc) is 2.10. The lowest BCUT2D eigenvalue weighted by atomic mass is 10.2. The second kappa shape index (κ2) is 5.98. The zero-order valence-corrected chi connectivity index (χ0v) is 9.98. The molecule has 0 amide bonds. The molecule has 0 spiro atoms. The summed E-state index contributed by atoms with van der Waals surface area (Å²) in [5.74, 6) is 1.61. The van der Waals surface area contributed by atoms with Crippen LogP contribution in [-0.2, 0) is 5.75 Å². The molecule has 0 fully saturated rings. The fourth-order valence-corrected chi connectivity index (χ4v) is 2.24. The molecule has 4 heteroatoms. The Hall–Kier alpha value is -0.740. The molecule has 0 bridgehead atoms. The second-order valence-electron chi connectivity index (χ2n) is 3.75. The first-order chi connectivity index (χ1) is 7.08. The fraction of sp³-hybridized carbons (Fsp3) is 0.455.